The fourth-order valence-electron chi connectivity index (χ4n) is 7.13. The smallest absolute Gasteiger partial charge is 0.220 e. The third kappa shape index (κ3) is 29.1. The minimum Gasteiger partial charge on any atom is -0.394 e. The number of aliphatic hydroxyl groups is 5. The van der Waals surface area contributed by atoms with Crippen molar-refractivity contribution >= 4 is 5.91 Å². The minimum atomic E-state index is -1.57. The van der Waals surface area contributed by atoms with Gasteiger partial charge in [-0.15, -0.1) is 0 Å². The number of rotatable bonds is 38. The Kier molecular flexibility index (Phi) is 35.8. The lowest BCUT2D eigenvalue weighted by molar-refractivity contribution is -0.302. The molecule has 9 heteroatoms. The Balaban J connectivity index is 2.25. The molecule has 1 amide bonds. The second-order valence-corrected chi connectivity index (χ2v) is 16.1. The molecule has 1 aliphatic rings. The van der Waals surface area contributed by atoms with Gasteiger partial charge in [-0.05, 0) is 64.2 Å². The van der Waals surface area contributed by atoms with Gasteiger partial charge in [0, 0.05) is 6.42 Å². The molecule has 0 aromatic heterocycles. The Bertz CT molecular complexity index is 1030. The van der Waals surface area contributed by atoms with Crippen LogP contribution in [-0.4, -0.2) is 87.5 Å². The summed E-state index contributed by atoms with van der Waals surface area (Å²) in [5.74, 6) is -0.197. The third-order valence-electron chi connectivity index (χ3n) is 10.9. The quantitative estimate of drug-likeness (QED) is 0.0267. The van der Waals surface area contributed by atoms with Gasteiger partial charge in [0.05, 0.1) is 25.4 Å². The second-order valence-electron chi connectivity index (χ2n) is 16.1. The van der Waals surface area contributed by atoms with Crippen LogP contribution in [0.25, 0.3) is 0 Å². The number of nitrogens with one attached hydrogen (secondary N) is 1. The Hall–Kier alpha value is -1.85. The predicted octanol–water partition coefficient (Wildman–Crippen LogP) is 9.84. The maximum absolute atomic E-state index is 12.9. The van der Waals surface area contributed by atoms with Gasteiger partial charge in [0.2, 0.25) is 5.91 Å². The standard InChI is InChI=1S/C48H87NO8/c1-3-5-7-9-11-13-15-16-17-18-19-20-21-22-23-24-25-26-27-28-30-32-34-36-38-44(52)49-41(40-56-48-47(55)46(54)45(53)43(39-50)57-48)42(51)37-35-33-31-29-14-12-10-8-6-4-2/h6,8,14,22-23,29,35,37,41-43,45-48,50-51,53-55H,3-5,7,9-13,15-21,24-28,30-34,36,38-40H2,1-2H3,(H,49,52)/b8-6+,23-22-,29-14+,37-35+. The molecular formula is C48H87NO8. The summed E-state index contributed by atoms with van der Waals surface area (Å²) in [5, 5.41) is 54.0. The highest BCUT2D eigenvalue weighted by Crippen LogP contribution is 2.22. The predicted molar refractivity (Wildman–Crippen MR) is 235 cm³/mol. The molecular weight excluding hydrogens is 719 g/mol. The van der Waals surface area contributed by atoms with Gasteiger partial charge in [-0.25, -0.2) is 0 Å². The van der Waals surface area contributed by atoms with Crippen molar-refractivity contribution in [1.82, 2.24) is 5.32 Å². The molecule has 7 atom stereocenters. The number of aliphatic hydroxyl groups excluding tert-OH is 5. The van der Waals surface area contributed by atoms with E-state index in [0.29, 0.717) is 6.42 Å². The molecule has 9 nitrogen and oxygen atoms in total. The monoisotopic (exact) mass is 806 g/mol. The SMILES string of the molecule is CC/C=C/CC/C=C/CC/C=C/C(O)C(COC1OC(CO)C(O)C(O)C1O)NC(=O)CCCCCCCCCC/C=C\CCCCCCCCCCCCCC. The minimum absolute atomic E-state index is 0.197. The van der Waals surface area contributed by atoms with Crippen LogP contribution in [0.4, 0.5) is 0 Å². The summed E-state index contributed by atoms with van der Waals surface area (Å²) < 4.78 is 11.2. The number of ether oxygens (including phenoxy) is 2. The molecule has 1 aliphatic heterocycles. The van der Waals surface area contributed by atoms with Crippen LogP contribution in [0.3, 0.4) is 0 Å². The topological polar surface area (TPSA) is 149 Å². The zero-order valence-electron chi connectivity index (χ0n) is 36.3. The van der Waals surface area contributed by atoms with Crippen LogP contribution in [0.1, 0.15) is 194 Å². The zero-order chi connectivity index (χ0) is 41.6. The van der Waals surface area contributed by atoms with Crippen molar-refractivity contribution in [2.24, 2.45) is 0 Å². The molecule has 1 heterocycles. The average molecular weight is 806 g/mol. The largest absolute Gasteiger partial charge is 0.394 e. The number of hydrogen-bond acceptors (Lipinski definition) is 8. The fourth-order valence-corrected chi connectivity index (χ4v) is 7.13. The van der Waals surface area contributed by atoms with Gasteiger partial charge >= 0.3 is 0 Å². The van der Waals surface area contributed by atoms with E-state index in [0.717, 1.165) is 51.4 Å². The van der Waals surface area contributed by atoms with Gasteiger partial charge in [0.25, 0.3) is 0 Å². The Morgan fingerprint density at radius 1 is 0.596 bits per heavy atom. The molecule has 0 bridgehead atoms. The van der Waals surface area contributed by atoms with Crippen molar-refractivity contribution in [1.29, 1.82) is 0 Å². The zero-order valence-corrected chi connectivity index (χ0v) is 36.3. The van der Waals surface area contributed by atoms with E-state index < -0.39 is 49.5 Å². The number of unbranched alkanes of at least 4 members (excludes halogenated alkanes) is 22. The molecule has 1 saturated heterocycles. The molecule has 0 aromatic carbocycles. The molecule has 1 rings (SSSR count). The molecule has 57 heavy (non-hydrogen) atoms. The summed E-state index contributed by atoms with van der Waals surface area (Å²) >= 11 is 0. The van der Waals surface area contributed by atoms with E-state index in [1.54, 1.807) is 6.08 Å². The van der Waals surface area contributed by atoms with Gasteiger partial charge < -0.3 is 40.3 Å². The van der Waals surface area contributed by atoms with Crippen LogP contribution in [-0.2, 0) is 14.3 Å². The number of allylic oxidation sites excluding steroid dienone is 7. The lowest BCUT2D eigenvalue weighted by atomic mass is 9.99. The summed E-state index contributed by atoms with van der Waals surface area (Å²) in [6, 6.07) is -0.828. The molecule has 6 N–H and O–H groups in total. The van der Waals surface area contributed by atoms with Crippen LogP contribution in [0, 0.1) is 0 Å². The highest BCUT2D eigenvalue weighted by molar-refractivity contribution is 5.76. The summed E-state index contributed by atoms with van der Waals surface area (Å²) in [4.78, 5) is 12.9. The van der Waals surface area contributed by atoms with Gasteiger partial charge in [-0.3, -0.25) is 4.79 Å². The van der Waals surface area contributed by atoms with Crippen molar-refractivity contribution < 1.29 is 39.8 Å². The first-order valence-electron chi connectivity index (χ1n) is 23.4. The summed E-state index contributed by atoms with van der Waals surface area (Å²) in [5.41, 5.74) is 0. The summed E-state index contributed by atoms with van der Waals surface area (Å²) in [6.07, 6.45) is 41.8. The lowest BCUT2D eigenvalue weighted by Crippen LogP contribution is -2.60. The lowest BCUT2D eigenvalue weighted by Gasteiger charge is -2.40. The number of carbonyl (C=O) groups is 1. The van der Waals surface area contributed by atoms with Crippen molar-refractivity contribution in [3.8, 4) is 0 Å². The molecule has 1 fully saturated rings. The second kappa shape index (κ2) is 38.4. The highest BCUT2D eigenvalue weighted by atomic mass is 16.7. The maximum atomic E-state index is 12.9. The van der Waals surface area contributed by atoms with E-state index in [-0.39, 0.29) is 12.5 Å². The van der Waals surface area contributed by atoms with Crippen LogP contribution >= 0.6 is 0 Å². The van der Waals surface area contributed by atoms with Crippen LogP contribution in [0.15, 0.2) is 48.6 Å². The molecule has 0 saturated carbocycles. The van der Waals surface area contributed by atoms with E-state index >= 15 is 0 Å². The van der Waals surface area contributed by atoms with Crippen molar-refractivity contribution in [2.45, 2.75) is 236 Å². The molecule has 0 aliphatic carbocycles. The summed E-state index contributed by atoms with van der Waals surface area (Å²) in [6.45, 7) is 3.62. The molecule has 7 unspecified atom stereocenters. The van der Waals surface area contributed by atoms with Crippen LogP contribution in [0.2, 0.25) is 0 Å². The van der Waals surface area contributed by atoms with Crippen LogP contribution < -0.4 is 5.32 Å². The Morgan fingerprint density at radius 3 is 1.56 bits per heavy atom. The van der Waals surface area contributed by atoms with E-state index in [2.05, 4.69) is 55.6 Å². The van der Waals surface area contributed by atoms with Gasteiger partial charge in [0.15, 0.2) is 6.29 Å². The normalized spacial score (nSPS) is 21.4. The summed E-state index contributed by atoms with van der Waals surface area (Å²) in [7, 11) is 0. The van der Waals surface area contributed by atoms with Crippen molar-refractivity contribution in [3.63, 3.8) is 0 Å². The van der Waals surface area contributed by atoms with E-state index in [1.165, 1.54) is 122 Å². The molecule has 0 radical (unpaired) electrons. The number of hydrogen-bond donors (Lipinski definition) is 6. The molecule has 332 valence electrons. The highest BCUT2D eigenvalue weighted by Gasteiger charge is 2.44. The Morgan fingerprint density at radius 2 is 1.05 bits per heavy atom. The third-order valence-corrected chi connectivity index (χ3v) is 10.9. The number of amides is 1. The van der Waals surface area contributed by atoms with Gasteiger partial charge in [-0.1, -0.05) is 172 Å². The van der Waals surface area contributed by atoms with Crippen molar-refractivity contribution in [3.05, 3.63) is 48.6 Å². The first kappa shape index (κ1) is 53.2. The van der Waals surface area contributed by atoms with Crippen LogP contribution in [0.5, 0.6) is 0 Å². The first-order chi connectivity index (χ1) is 27.8. The Labute approximate surface area is 348 Å². The van der Waals surface area contributed by atoms with E-state index in [1.807, 2.05) is 6.08 Å². The fraction of sp³-hybridized carbons (Fsp3) is 0.812. The molecule has 0 aromatic rings. The number of carbonyl (C=O) groups excluding carboxylic acids is 1. The van der Waals surface area contributed by atoms with E-state index in [4.69, 9.17) is 9.47 Å². The van der Waals surface area contributed by atoms with Gasteiger partial charge in [0.1, 0.15) is 24.4 Å². The van der Waals surface area contributed by atoms with Crippen molar-refractivity contribution in [2.75, 3.05) is 13.2 Å². The van der Waals surface area contributed by atoms with E-state index in [9.17, 15) is 30.3 Å². The molecule has 0 spiro atoms. The maximum Gasteiger partial charge on any atom is 0.220 e. The average Bonchev–Trinajstić information content (AvgIpc) is 3.21. The first-order valence-corrected chi connectivity index (χ1v) is 23.4. The van der Waals surface area contributed by atoms with Gasteiger partial charge in [-0.2, -0.15) is 0 Å².